The third-order valence-electron chi connectivity index (χ3n) is 4.87. The van der Waals surface area contributed by atoms with Gasteiger partial charge in [0.25, 0.3) is 0 Å². The number of fused-ring (bicyclic) bond motifs is 1. The van der Waals surface area contributed by atoms with Crippen LogP contribution in [0.15, 0.2) is 64.2 Å². The third-order valence-corrected chi connectivity index (χ3v) is 5.49. The van der Waals surface area contributed by atoms with E-state index in [1.54, 1.807) is 24.3 Å². The fourth-order valence-electron chi connectivity index (χ4n) is 3.54. The molecular weight excluding hydrogens is 452 g/mol. The first-order valence-electron chi connectivity index (χ1n) is 8.49. The lowest BCUT2D eigenvalue weighted by Crippen LogP contribution is -2.26. The number of benzene rings is 2. The molecule has 29 heavy (non-hydrogen) atoms. The number of aliphatic imine (C=N–C) groups is 1. The number of hydrogen-bond donors (Lipinski definition) is 0. The molecule has 3 aromatic rings. The van der Waals surface area contributed by atoms with Crippen LogP contribution in [0.3, 0.4) is 0 Å². The maximum absolute atomic E-state index is 14.4. The largest absolute Gasteiger partial charge is 0.496 e. The summed E-state index contributed by atoms with van der Waals surface area (Å²) in [5.74, 6) is 0.0573. The number of alkyl halides is 3. The minimum absolute atomic E-state index is 0.234. The van der Waals surface area contributed by atoms with E-state index in [0.29, 0.717) is 21.3 Å². The highest BCUT2D eigenvalue weighted by molar-refractivity contribution is 9.10. The number of hydrogen-bond acceptors (Lipinski definition) is 3. The van der Waals surface area contributed by atoms with Crippen molar-refractivity contribution in [3.63, 3.8) is 0 Å². The van der Waals surface area contributed by atoms with Crippen molar-refractivity contribution in [2.24, 2.45) is 4.99 Å². The molecule has 1 aliphatic rings. The number of halogens is 5. The van der Waals surface area contributed by atoms with Crippen LogP contribution >= 0.6 is 15.9 Å². The fraction of sp³-hybridized carbons (Fsp3) is 0.143. The van der Waals surface area contributed by atoms with Crippen LogP contribution < -0.4 is 4.74 Å². The van der Waals surface area contributed by atoms with Crippen LogP contribution in [-0.2, 0) is 11.7 Å². The number of rotatable bonds is 3. The van der Waals surface area contributed by atoms with Crippen LogP contribution in [0.2, 0.25) is 0 Å². The highest BCUT2D eigenvalue weighted by Gasteiger charge is 2.43. The van der Waals surface area contributed by atoms with Crippen LogP contribution in [0.4, 0.5) is 17.6 Å². The van der Waals surface area contributed by atoms with E-state index in [1.165, 1.54) is 31.5 Å². The number of methoxy groups -OCH3 is 1. The van der Waals surface area contributed by atoms with Crippen molar-refractivity contribution < 1.29 is 22.3 Å². The Bertz CT molecular complexity index is 1130. The molecule has 3 nitrogen and oxygen atoms in total. The minimum atomic E-state index is -4.62. The molecule has 8 heteroatoms. The Morgan fingerprint density at radius 2 is 1.79 bits per heavy atom. The van der Waals surface area contributed by atoms with Crippen molar-refractivity contribution in [2.45, 2.75) is 11.7 Å². The Morgan fingerprint density at radius 1 is 1.03 bits per heavy atom. The average molecular weight is 465 g/mol. The summed E-state index contributed by atoms with van der Waals surface area (Å²) in [4.78, 5) is 7.98. The molecule has 1 unspecified atom stereocenters. The quantitative estimate of drug-likeness (QED) is 0.463. The summed E-state index contributed by atoms with van der Waals surface area (Å²) in [5, 5.41) is 0. The lowest BCUT2D eigenvalue weighted by atomic mass is 9.77. The predicted molar refractivity (Wildman–Crippen MR) is 104 cm³/mol. The molecule has 1 atom stereocenters. The maximum Gasteiger partial charge on any atom is 0.433 e. The van der Waals surface area contributed by atoms with Gasteiger partial charge in [0.15, 0.2) is 0 Å². The van der Waals surface area contributed by atoms with Crippen LogP contribution in [0, 0.1) is 5.82 Å². The highest BCUT2D eigenvalue weighted by atomic mass is 79.9. The van der Waals surface area contributed by atoms with Crippen molar-refractivity contribution in [2.75, 3.05) is 7.11 Å². The van der Waals surface area contributed by atoms with Crippen LogP contribution in [0.5, 0.6) is 5.75 Å². The molecule has 0 amide bonds. The summed E-state index contributed by atoms with van der Waals surface area (Å²) >= 11 is 3.41. The van der Waals surface area contributed by atoms with E-state index >= 15 is 0 Å². The molecule has 0 N–H and O–H groups in total. The molecule has 1 aliphatic heterocycles. The summed E-state index contributed by atoms with van der Waals surface area (Å²) in [7, 11) is 1.51. The SMILES string of the molecule is COc1ccc(C2(c3ccnc(C(F)(F)F)c3)N=Cc3c(F)cccc32)cc1Br. The van der Waals surface area contributed by atoms with Gasteiger partial charge in [0.05, 0.1) is 11.6 Å². The van der Waals surface area contributed by atoms with Gasteiger partial charge in [-0.15, -0.1) is 0 Å². The average Bonchev–Trinajstić information content (AvgIpc) is 3.09. The molecule has 0 aliphatic carbocycles. The van der Waals surface area contributed by atoms with Crippen LogP contribution in [-0.4, -0.2) is 18.3 Å². The Labute approximate surface area is 172 Å². The van der Waals surface area contributed by atoms with E-state index in [1.807, 2.05) is 0 Å². The van der Waals surface area contributed by atoms with Crippen molar-refractivity contribution in [1.82, 2.24) is 4.98 Å². The van der Waals surface area contributed by atoms with Crippen molar-refractivity contribution in [1.29, 1.82) is 0 Å². The molecule has 2 heterocycles. The Balaban J connectivity index is 2.03. The molecule has 0 fully saturated rings. The Hall–Kier alpha value is -2.74. The van der Waals surface area contributed by atoms with E-state index < -0.39 is 23.2 Å². The second kappa shape index (κ2) is 6.95. The molecule has 2 aromatic carbocycles. The van der Waals surface area contributed by atoms with Crippen molar-refractivity contribution >= 4 is 22.1 Å². The summed E-state index contributed by atoms with van der Waals surface area (Å²) in [6, 6.07) is 12.0. The van der Waals surface area contributed by atoms with E-state index in [4.69, 9.17) is 4.74 Å². The van der Waals surface area contributed by atoms with Gasteiger partial charge in [0.2, 0.25) is 0 Å². The van der Waals surface area contributed by atoms with Gasteiger partial charge in [-0.1, -0.05) is 18.2 Å². The second-order valence-electron chi connectivity index (χ2n) is 6.45. The Morgan fingerprint density at radius 3 is 2.48 bits per heavy atom. The lowest BCUT2D eigenvalue weighted by Gasteiger charge is -2.30. The summed E-state index contributed by atoms with van der Waals surface area (Å²) < 4.78 is 60.2. The van der Waals surface area contributed by atoms with E-state index in [2.05, 4.69) is 25.9 Å². The molecule has 1 aromatic heterocycles. The predicted octanol–water partition coefficient (Wildman–Crippen LogP) is 5.74. The van der Waals surface area contributed by atoms with Gasteiger partial charge in [-0.3, -0.25) is 9.98 Å². The van der Waals surface area contributed by atoms with Gasteiger partial charge < -0.3 is 4.74 Å². The number of nitrogens with zero attached hydrogens (tertiary/aromatic N) is 2. The van der Waals surface area contributed by atoms with Gasteiger partial charge in [-0.2, -0.15) is 13.2 Å². The van der Waals surface area contributed by atoms with E-state index in [-0.39, 0.29) is 11.1 Å². The first-order valence-corrected chi connectivity index (χ1v) is 9.28. The molecule has 0 saturated carbocycles. The summed E-state index contributed by atoms with van der Waals surface area (Å²) in [6.07, 6.45) is -2.17. The van der Waals surface area contributed by atoms with Crippen molar-refractivity contribution in [3.8, 4) is 5.75 Å². The van der Waals surface area contributed by atoms with Crippen molar-refractivity contribution in [3.05, 3.63) is 93.0 Å². The normalized spacial score (nSPS) is 18.0. The number of aromatic nitrogens is 1. The van der Waals surface area contributed by atoms with Gasteiger partial charge >= 0.3 is 6.18 Å². The van der Waals surface area contributed by atoms with Gasteiger partial charge in [0.1, 0.15) is 22.8 Å². The molecule has 0 bridgehead atoms. The topological polar surface area (TPSA) is 34.5 Å². The molecule has 0 spiro atoms. The smallest absolute Gasteiger partial charge is 0.433 e. The second-order valence-corrected chi connectivity index (χ2v) is 7.30. The standard InChI is InChI=1S/C21H13BrF4N2O/c1-29-18-6-5-12(9-16(18)22)20(13-7-8-27-19(10-13)21(24,25)26)15-3-2-4-17(23)14(15)11-28-20/h2-11H,1H3. The molecular formula is C21H13BrF4N2O. The zero-order valence-corrected chi connectivity index (χ0v) is 16.6. The lowest BCUT2D eigenvalue weighted by molar-refractivity contribution is -0.141. The fourth-order valence-corrected chi connectivity index (χ4v) is 4.08. The molecule has 0 saturated heterocycles. The van der Waals surface area contributed by atoms with Gasteiger partial charge in [-0.05, 0) is 57.4 Å². The minimum Gasteiger partial charge on any atom is -0.496 e. The zero-order chi connectivity index (χ0) is 20.8. The number of ether oxygens (including phenoxy) is 1. The van der Waals surface area contributed by atoms with E-state index in [9.17, 15) is 17.6 Å². The van der Waals surface area contributed by atoms with Gasteiger partial charge in [-0.25, -0.2) is 4.39 Å². The summed E-state index contributed by atoms with van der Waals surface area (Å²) in [5.41, 5.74) is -0.905. The molecule has 4 rings (SSSR count). The van der Waals surface area contributed by atoms with E-state index in [0.717, 1.165) is 12.3 Å². The maximum atomic E-state index is 14.4. The summed E-state index contributed by atoms with van der Waals surface area (Å²) in [6.45, 7) is 0. The Kier molecular flexibility index (Phi) is 4.69. The first-order chi connectivity index (χ1) is 13.8. The zero-order valence-electron chi connectivity index (χ0n) is 15.0. The van der Waals surface area contributed by atoms with Crippen LogP contribution in [0.1, 0.15) is 27.9 Å². The van der Waals surface area contributed by atoms with Gasteiger partial charge in [0, 0.05) is 23.5 Å². The first kappa shape index (κ1) is 19.6. The monoisotopic (exact) mass is 464 g/mol. The highest BCUT2D eigenvalue weighted by Crippen LogP contribution is 2.47. The molecule has 148 valence electrons. The number of pyridine rings is 1. The third kappa shape index (κ3) is 3.11. The van der Waals surface area contributed by atoms with Crippen LogP contribution in [0.25, 0.3) is 0 Å². The molecule has 0 radical (unpaired) electrons.